The molecule has 4 rings (SSSR count). The van der Waals surface area contributed by atoms with Crippen LogP contribution in [0.4, 0.5) is 0 Å². The number of allylic oxidation sites excluding steroid dienone is 6. The minimum Gasteiger partial charge on any atom is -0.256 e. The van der Waals surface area contributed by atoms with Crippen molar-refractivity contribution in [1.82, 2.24) is 9.97 Å². The van der Waals surface area contributed by atoms with Crippen molar-refractivity contribution in [3.8, 4) is 11.3 Å². The van der Waals surface area contributed by atoms with Gasteiger partial charge in [0.1, 0.15) is 0 Å². The largest absolute Gasteiger partial charge is 0.256 e. The van der Waals surface area contributed by atoms with Gasteiger partial charge in [-0.25, -0.2) is 0 Å². The fourth-order valence-corrected chi connectivity index (χ4v) is 4.06. The second-order valence-electron chi connectivity index (χ2n) is 7.34. The third-order valence-electron chi connectivity index (χ3n) is 5.61. The zero-order chi connectivity index (χ0) is 20.1. The van der Waals surface area contributed by atoms with Gasteiger partial charge in [-0.2, -0.15) is 0 Å². The molecule has 1 aromatic carbocycles. The van der Waals surface area contributed by atoms with Gasteiger partial charge in [-0.05, 0) is 67.2 Å². The first kappa shape index (κ1) is 19.1. The van der Waals surface area contributed by atoms with Crippen LogP contribution in [0.2, 0.25) is 0 Å². The Labute approximate surface area is 173 Å². The summed E-state index contributed by atoms with van der Waals surface area (Å²) in [4.78, 5) is 9.17. The van der Waals surface area contributed by atoms with Crippen molar-refractivity contribution in [3.05, 3.63) is 113 Å². The summed E-state index contributed by atoms with van der Waals surface area (Å²) in [6, 6.07) is 18.9. The molecule has 0 unspecified atom stereocenters. The van der Waals surface area contributed by atoms with Gasteiger partial charge in [-0.15, -0.1) is 0 Å². The maximum atomic E-state index is 4.59. The van der Waals surface area contributed by atoms with Crippen LogP contribution in [0.3, 0.4) is 0 Å². The van der Waals surface area contributed by atoms with Crippen LogP contribution in [-0.2, 0) is 12.8 Å². The van der Waals surface area contributed by atoms with Crippen LogP contribution in [-0.4, -0.2) is 9.97 Å². The standard InChI is InChI=1S/C27H26N2/c1-3-23-22(12-10-14-25(23)27-16-7-9-18-29-27)19-21-11-4-5-13-24(20(21)2)26-15-6-8-17-28-26/h4-10,12-18H,3,11,19H2,1-2H3. The van der Waals surface area contributed by atoms with Crippen molar-refractivity contribution < 1.29 is 0 Å². The molecule has 2 heteroatoms. The smallest absolute Gasteiger partial charge is 0.0704 e. The van der Waals surface area contributed by atoms with Crippen LogP contribution in [0.25, 0.3) is 16.8 Å². The van der Waals surface area contributed by atoms with Gasteiger partial charge in [0.2, 0.25) is 0 Å². The number of aromatic nitrogens is 2. The highest BCUT2D eigenvalue weighted by Crippen LogP contribution is 2.32. The summed E-state index contributed by atoms with van der Waals surface area (Å²) in [5.41, 5.74) is 10.1. The highest BCUT2D eigenvalue weighted by Gasteiger charge is 2.15. The van der Waals surface area contributed by atoms with E-state index >= 15 is 0 Å². The zero-order valence-corrected chi connectivity index (χ0v) is 17.1. The van der Waals surface area contributed by atoms with Crippen molar-refractivity contribution in [2.75, 3.05) is 0 Å². The molecule has 0 atom stereocenters. The van der Waals surface area contributed by atoms with E-state index in [1.54, 1.807) is 0 Å². The monoisotopic (exact) mass is 378 g/mol. The van der Waals surface area contributed by atoms with Crippen LogP contribution < -0.4 is 0 Å². The average molecular weight is 379 g/mol. The number of hydrogen-bond donors (Lipinski definition) is 0. The number of rotatable bonds is 5. The van der Waals surface area contributed by atoms with E-state index in [1.807, 2.05) is 24.5 Å². The molecule has 3 aromatic rings. The molecule has 0 bridgehead atoms. The van der Waals surface area contributed by atoms with Gasteiger partial charge in [0.05, 0.1) is 11.4 Å². The normalized spacial score (nSPS) is 13.9. The van der Waals surface area contributed by atoms with E-state index in [2.05, 4.69) is 84.5 Å². The predicted octanol–water partition coefficient (Wildman–Crippen LogP) is 6.61. The number of benzene rings is 1. The van der Waals surface area contributed by atoms with Crippen molar-refractivity contribution in [1.29, 1.82) is 0 Å². The van der Waals surface area contributed by atoms with Crippen molar-refractivity contribution in [2.24, 2.45) is 0 Å². The molecule has 2 aromatic heterocycles. The number of hydrogen-bond acceptors (Lipinski definition) is 2. The highest BCUT2D eigenvalue weighted by molar-refractivity contribution is 5.79. The van der Waals surface area contributed by atoms with E-state index in [1.165, 1.54) is 33.4 Å². The van der Waals surface area contributed by atoms with Crippen molar-refractivity contribution >= 4 is 5.57 Å². The molecule has 1 aliphatic carbocycles. The van der Waals surface area contributed by atoms with Gasteiger partial charge in [0, 0.05) is 23.5 Å². The molecule has 144 valence electrons. The van der Waals surface area contributed by atoms with E-state index in [0.717, 1.165) is 30.7 Å². The van der Waals surface area contributed by atoms with Crippen LogP contribution in [0.5, 0.6) is 0 Å². The zero-order valence-electron chi connectivity index (χ0n) is 17.1. The van der Waals surface area contributed by atoms with Gasteiger partial charge in [0.15, 0.2) is 0 Å². The Hall–Kier alpha value is -3.26. The van der Waals surface area contributed by atoms with E-state index in [0.29, 0.717) is 0 Å². The van der Waals surface area contributed by atoms with Crippen LogP contribution in [0.15, 0.2) is 96.4 Å². The van der Waals surface area contributed by atoms with Gasteiger partial charge >= 0.3 is 0 Å². The Balaban J connectivity index is 1.74. The van der Waals surface area contributed by atoms with Crippen molar-refractivity contribution in [3.63, 3.8) is 0 Å². The molecule has 0 saturated carbocycles. The molecule has 0 saturated heterocycles. The Morgan fingerprint density at radius 3 is 2.31 bits per heavy atom. The number of nitrogens with zero attached hydrogens (tertiary/aromatic N) is 2. The van der Waals surface area contributed by atoms with Gasteiger partial charge in [0.25, 0.3) is 0 Å². The predicted molar refractivity (Wildman–Crippen MR) is 121 cm³/mol. The summed E-state index contributed by atoms with van der Waals surface area (Å²) >= 11 is 0. The van der Waals surface area contributed by atoms with E-state index in [9.17, 15) is 0 Å². The van der Waals surface area contributed by atoms with Gasteiger partial charge in [-0.3, -0.25) is 9.97 Å². The Bertz CT molecular complexity index is 1070. The topological polar surface area (TPSA) is 25.8 Å². The molecular weight excluding hydrogens is 352 g/mol. The molecule has 0 fully saturated rings. The lowest BCUT2D eigenvalue weighted by Crippen LogP contribution is -2.02. The SMILES string of the molecule is CCc1c(CC2=C(C)C(c3ccccn3)=CC=CC2)cccc1-c1ccccn1. The summed E-state index contributed by atoms with van der Waals surface area (Å²) < 4.78 is 0. The van der Waals surface area contributed by atoms with Gasteiger partial charge in [-0.1, -0.05) is 61.1 Å². The van der Waals surface area contributed by atoms with E-state index < -0.39 is 0 Å². The highest BCUT2D eigenvalue weighted by atomic mass is 14.7. The minimum absolute atomic E-state index is 0.949. The Kier molecular flexibility index (Phi) is 5.81. The third kappa shape index (κ3) is 4.12. The van der Waals surface area contributed by atoms with E-state index in [-0.39, 0.29) is 0 Å². The number of pyridine rings is 2. The molecule has 1 aliphatic rings. The maximum absolute atomic E-state index is 4.59. The lowest BCUT2D eigenvalue weighted by Gasteiger charge is -2.17. The summed E-state index contributed by atoms with van der Waals surface area (Å²) in [5, 5.41) is 0. The molecule has 0 N–H and O–H groups in total. The van der Waals surface area contributed by atoms with Crippen LogP contribution in [0, 0.1) is 0 Å². The summed E-state index contributed by atoms with van der Waals surface area (Å²) in [6.45, 7) is 4.47. The molecule has 0 aliphatic heterocycles. The van der Waals surface area contributed by atoms with Gasteiger partial charge < -0.3 is 0 Å². The quantitative estimate of drug-likeness (QED) is 0.499. The Morgan fingerprint density at radius 1 is 0.862 bits per heavy atom. The molecular formula is C27H26N2. The fourth-order valence-electron chi connectivity index (χ4n) is 4.06. The van der Waals surface area contributed by atoms with E-state index in [4.69, 9.17) is 0 Å². The fraction of sp³-hybridized carbons (Fsp3) is 0.185. The van der Waals surface area contributed by atoms with Crippen molar-refractivity contribution in [2.45, 2.75) is 33.1 Å². The second kappa shape index (κ2) is 8.83. The van der Waals surface area contributed by atoms with Crippen LogP contribution >= 0.6 is 0 Å². The molecule has 0 amide bonds. The summed E-state index contributed by atoms with van der Waals surface area (Å²) in [6.07, 6.45) is 13.2. The molecule has 2 heterocycles. The first-order chi connectivity index (χ1) is 14.3. The lowest BCUT2D eigenvalue weighted by atomic mass is 9.88. The summed E-state index contributed by atoms with van der Waals surface area (Å²) in [7, 11) is 0. The lowest BCUT2D eigenvalue weighted by molar-refractivity contribution is 0.999. The first-order valence-corrected chi connectivity index (χ1v) is 10.3. The maximum Gasteiger partial charge on any atom is 0.0704 e. The molecule has 2 nitrogen and oxygen atoms in total. The van der Waals surface area contributed by atoms with Crippen LogP contribution in [0.1, 0.15) is 37.1 Å². The second-order valence-corrected chi connectivity index (χ2v) is 7.34. The minimum atomic E-state index is 0.949. The Morgan fingerprint density at radius 2 is 1.62 bits per heavy atom. The average Bonchev–Trinajstić information content (AvgIpc) is 2.96. The third-order valence-corrected chi connectivity index (χ3v) is 5.61. The summed E-state index contributed by atoms with van der Waals surface area (Å²) in [5.74, 6) is 0. The first-order valence-electron chi connectivity index (χ1n) is 10.3. The molecule has 0 radical (unpaired) electrons. The molecule has 29 heavy (non-hydrogen) atoms. The molecule has 0 spiro atoms.